The third kappa shape index (κ3) is 1.42. The molecule has 3 heteroatoms. The number of ether oxygens (including phenoxy) is 1. The Labute approximate surface area is 54.2 Å². The zero-order valence-electron chi connectivity index (χ0n) is 5.46. The van der Waals surface area contributed by atoms with Crippen LogP contribution in [0.15, 0.2) is 0 Å². The van der Waals surface area contributed by atoms with E-state index in [1.165, 1.54) is 0 Å². The van der Waals surface area contributed by atoms with Crippen molar-refractivity contribution >= 4 is 5.97 Å². The topological polar surface area (TPSA) is 52.3 Å². The van der Waals surface area contributed by atoms with Crippen molar-refractivity contribution in [3.63, 3.8) is 0 Å². The molecule has 9 heavy (non-hydrogen) atoms. The first-order valence-electron chi connectivity index (χ1n) is 3.16. The van der Waals surface area contributed by atoms with Crippen LogP contribution in [0.25, 0.3) is 0 Å². The van der Waals surface area contributed by atoms with Gasteiger partial charge in [-0.15, -0.1) is 0 Å². The maximum absolute atomic E-state index is 10.7. The molecule has 2 unspecified atom stereocenters. The first-order chi connectivity index (χ1) is 4.20. The van der Waals surface area contributed by atoms with Crippen molar-refractivity contribution in [2.75, 3.05) is 0 Å². The smallest absolute Gasteiger partial charge is 0.310 e. The standard InChI is InChI=1S/C6H11NO2/c1-4-2-3-5(7)9-6(4)8/h4-5H,2-3,7H2,1H3. The molecule has 0 spiro atoms. The minimum Gasteiger partial charge on any atom is -0.447 e. The molecule has 1 saturated heterocycles. The van der Waals surface area contributed by atoms with E-state index in [0.717, 1.165) is 12.8 Å². The van der Waals surface area contributed by atoms with E-state index < -0.39 is 0 Å². The van der Waals surface area contributed by atoms with Crippen LogP contribution in [-0.2, 0) is 9.53 Å². The Hall–Kier alpha value is -0.570. The van der Waals surface area contributed by atoms with Crippen LogP contribution in [0.4, 0.5) is 0 Å². The van der Waals surface area contributed by atoms with Crippen molar-refractivity contribution in [3.05, 3.63) is 0 Å². The van der Waals surface area contributed by atoms with Crippen molar-refractivity contribution in [2.24, 2.45) is 11.7 Å². The van der Waals surface area contributed by atoms with Gasteiger partial charge in [0.15, 0.2) is 6.23 Å². The van der Waals surface area contributed by atoms with Gasteiger partial charge >= 0.3 is 5.97 Å². The van der Waals surface area contributed by atoms with Gasteiger partial charge < -0.3 is 4.74 Å². The number of cyclic esters (lactones) is 1. The van der Waals surface area contributed by atoms with Gasteiger partial charge in [0.25, 0.3) is 0 Å². The minimum atomic E-state index is -0.353. The molecule has 1 rings (SSSR count). The molecule has 0 aromatic heterocycles. The highest BCUT2D eigenvalue weighted by molar-refractivity contribution is 5.72. The van der Waals surface area contributed by atoms with E-state index in [9.17, 15) is 4.79 Å². The van der Waals surface area contributed by atoms with Gasteiger partial charge in [0, 0.05) is 0 Å². The Bertz CT molecular complexity index is 124. The van der Waals surface area contributed by atoms with Gasteiger partial charge in [0.1, 0.15) is 0 Å². The summed E-state index contributed by atoms with van der Waals surface area (Å²) in [7, 11) is 0. The molecule has 0 amide bonds. The summed E-state index contributed by atoms with van der Waals surface area (Å²) in [6.45, 7) is 1.86. The van der Waals surface area contributed by atoms with E-state index in [1.54, 1.807) is 0 Å². The molecule has 52 valence electrons. The highest BCUT2D eigenvalue weighted by Crippen LogP contribution is 2.16. The first kappa shape index (κ1) is 6.55. The highest BCUT2D eigenvalue weighted by atomic mass is 16.6. The molecule has 3 nitrogen and oxygen atoms in total. The zero-order chi connectivity index (χ0) is 6.85. The van der Waals surface area contributed by atoms with Crippen molar-refractivity contribution in [1.29, 1.82) is 0 Å². The lowest BCUT2D eigenvalue weighted by Gasteiger charge is -2.22. The van der Waals surface area contributed by atoms with E-state index in [1.807, 2.05) is 6.92 Å². The number of hydrogen-bond acceptors (Lipinski definition) is 3. The summed E-state index contributed by atoms with van der Waals surface area (Å²) < 4.78 is 4.74. The van der Waals surface area contributed by atoms with Crippen LogP contribution in [0.3, 0.4) is 0 Å². The first-order valence-corrected chi connectivity index (χ1v) is 3.16. The van der Waals surface area contributed by atoms with Crippen LogP contribution in [0.5, 0.6) is 0 Å². The summed E-state index contributed by atoms with van der Waals surface area (Å²) in [6.07, 6.45) is 1.31. The Balaban J connectivity index is 2.44. The summed E-state index contributed by atoms with van der Waals surface area (Å²) in [5, 5.41) is 0. The fourth-order valence-corrected chi connectivity index (χ4v) is 0.856. The van der Waals surface area contributed by atoms with Crippen LogP contribution >= 0.6 is 0 Å². The summed E-state index contributed by atoms with van der Waals surface area (Å²) in [5.74, 6) is -0.112. The van der Waals surface area contributed by atoms with Crippen LogP contribution in [0, 0.1) is 5.92 Å². The van der Waals surface area contributed by atoms with E-state index in [4.69, 9.17) is 10.5 Å². The molecule has 1 aliphatic heterocycles. The van der Waals surface area contributed by atoms with Crippen molar-refractivity contribution in [1.82, 2.24) is 0 Å². The Morgan fingerprint density at radius 1 is 1.67 bits per heavy atom. The second-order valence-corrected chi connectivity index (χ2v) is 2.45. The van der Waals surface area contributed by atoms with Gasteiger partial charge in [-0.1, -0.05) is 6.92 Å². The average Bonchev–Trinajstić information content (AvgIpc) is 1.80. The number of rotatable bonds is 0. The molecule has 2 atom stereocenters. The molecule has 0 bridgehead atoms. The van der Waals surface area contributed by atoms with Gasteiger partial charge in [0.2, 0.25) is 0 Å². The van der Waals surface area contributed by atoms with Crippen molar-refractivity contribution in [2.45, 2.75) is 26.0 Å². The van der Waals surface area contributed by atoms with Gasteiger partial charge in [-0.2, -0.15) is 0 Å². The number of hydrogen-bond donors (Lipinski definition) is 1. The monoisotopic (exact) mass is 129 g/mol. The van der Waals surface area contributed by atoms with E-state index in [-0.39, 0.29) is 18.1 Å². The Morgan fingerprint density at radius 2 is 2.33 bits per heavy atom. The lowest BCUT2D eigenvalue weighted by Crippen LogP contribution is -2.35. The summed E-state index contributed by atoms with van der Waals surface area (Å²) >= 11 is 0. The predicted octanol–water partition coefficient (Wildman–Crippen LogP) is 0.244. The number of nitrogens with two attached hydrogens (primary N) is 1. The average molecular weight is 129 g/mol. The zero-order valence-corrected chi connectivity index (χ0v) is 5.46. The normalized spacial score (nSPS) is 36.0. The molecule has 0 saturated carbocycles. The Morgan fingerprint density at radius 3 is 2.78 bits per heavy atom. The minimum absolute atomic E-state index is 0.0461. The van der Waals surface area contributed by atoms with Crippen molar-refractivity contribution < 1.29 is 9.53 Å². The third-order valence-electron chi connectivity index (χ3n) is 1.55. The van der Waals surface area contributed by atoms with Gasteiger partial charge in [-0.3, -0.25) is 10.5 Å². The number of esters is 1. The van der Waals surface area contributed by atoms with Crippen LogP contribution in [0.2, 0.25) is 0 Å². The van der Waals surface area contributed by atoms with E-state index in [0.29, 0.717) is 0 Å². The second kappa shape index (κ2) is 2.35. The summed E-state index contributed by atoms with van der Waals surface area (Å²) in [4.78, 5) is 10.7. The molecule has 2 N–H and O–H groups in total. The SMILES string of the molecule is CC1CCC(N)OC1=O. The maximum atomic E-state index is 10.7. The third-order valence-corrected chi connectivity index (χ3v) is 1.55. The van der Waals surface area contributed by atoms with Crippen LogP contribution in [0.1, 0.15) is 19.8 Å². The second-order valence-electron chi connectivity index (χ2n) is 2.45. The Kier molecular flexibility index (Phi) is 1.71. The van der Waals surface area contributed by atoms with Gasteiger partial charge in [-0.05, 0) is 12.8 Å². The molecule has 1 aliphatic rings. The molecular formula is C6H11NO2. The molecule has 0 radical (unpaired) electrons. The largest absolute Gasteiger partial charge is 0.447 e. The highest BCUT2D eigenvalue weighted by Gasteiger charge is 2.23. The van der Waals surface area contributed by atoms with Crippen molar-refractivity contribution in [3.8, 4) is 0 Å². The fourth-order valence-electron chi connectivity index (χ4n) is 0.856. The predicted molar refractivity (Wildman–Crippen MR) is 32.5 cm³/mol. The molecular weight excluding hydrogens is 118 g/mol. The van der Waals surface area contributed by atoms with E-state index in [2.05, 4.69) is 0 Å². The van der Waals surface area contributed by atoms with Gasteiger partial charge in [-0.25, -0.2) is 0 Å². The van der Waals surface area contributed by atoms with E-state index >= 15 is 0 Å². The lowest BCUT2D eigenvalue weighted by atomic mass is 10.0. The molecule has 1 heterocycles. The van der Waals surface area contributed by atoms with Crippen LogP contribution in [-0.4, -0.2) is 12.2 Å². The fraction of sp³-hybridized carbons (Fsp3) is 0.833. The van der Waals surface area contributed by atoms with Gasteiger partial charge in [0.05, 0.1) is 5.92 Å². The number of carbonyl (C=O) groups is 1. The summed E-state index contributed by atoms with van der Waals surface area (Å²) in [6, 6.07) is 0. The maximum Gasteiger partial charge on any atom is 0.310 e. The number of carbonyl (C=O) groups excluding carboxylic acids is 1. The molecule has 0 aliphatic carbocycles. The lowest BCUT2D eigenvalue weighted by molar-refractivity contribution is -0.158. The summed E-state index contributed by atoms with van der Waals surface area (Å²) in [5.41, 5.74) is 5.34. The van der Waals surface area contributed by atoms with Crippen LogP contribution < -0.4 is 5.73 Å². The molecule has 1 fully saturated rings. The molecule has 0 aromatic rings. The molecule has 0 aromatic carbocycles. The quantitative estimate of drug-likeness (QED) is 0.477.